The Balaban J connectivity index is 1.46. The molecule has 0 amide bonds. The van der Waals surface area contributed by atoms with Crippen molar-refractivity contribution in [1.82, 2.24) is 10.2 Å². The molecule has 24 heavy (non-hydrogen) atoms. The van der Waals surface area contributed by atoms with Gasteiger partial charge in [-0.05, 0) is 41.5 Å². The first kappa shape index (κ1) is 15.1. The van der Waals surface area contributed by atoms with Gasteiger partial charge in [0.05, 0.1) is 13.7 Å². The molecule has 1 aliphatic rings. The van der Waals surface area contributed by atoms with E-state index in [1.807, 2.05) is 36.4 Å². The number of hydrogen-bond acceptors (Lipinski definition) is 6. The van der Waals surface area contributed by atoms with Crippen LogP contribution in [0, 0.1) is 0 Å². The number of methoxy groups -OCH3 is 1. The van der Waals surface area contributed by atoms with Crippen LogP contribution in [0.15, 0.2) is 52.1 Å². The van der Waals surface area contributed by atoms with Crippen molar-refractivity contribution in [3.8, 4) is 23.0 Å². The first-order valence-corrected chi connectivity index (χ1v) is 8.66. The van der Waals surface area contributed by atoms with Crippen molar-refractivity contribution in [3.05, 3.63) is 53.6 Å². The summed E-state index contributed by atoms with van der Waals surface area (Å²) in [6, 6.07) is 13.9. The van der Waals surface area contributed by atoms with Crippen LogP contribution in [-0.2, 0) is 12.2 Å². The highest BCUT2D eigenvalue weighted by Crippen LogP contribution is 2.31. The highest BCUT2D eigenvalue weighted by atomic mass is 32.2. The lowest BCUT2D eigenvalue weighted by atomic mass is 10.1. The van der Waals surface area contributed by atoms with E-state index in [1.54, 1.807) is 7.11 Å². The minimum absolute atomic E-state index is 0.540. The lowest BCUT2D eigenvalue weighted by Gasteiger charge is -2.02. The van der Waals surface area contributed by atoms with E-state index >= 15 is 0 Å². The summed E-state index contributed by atoms with van der Waals surface area (Å²) in [5.74, 6) is 3.08. The number of ether oxygens (including phenoxy) is 2. The van der Waals surface area contributed by atoms with Crippen LogP contribution in [0.5, 0.6) is 11.5 Å². The predicted molar refractivity (Wildman–Crippen MR) is 91.5 cm³/mol. The van der Waals surface area contributed by atoms with Crippen LogP contribution in [0.3, 0.4) is 0 Å². The molecule has 0 bridgehead atoms. The molecule has 0 saturated heterocycles. The topological polar surface area (TPSA) is 57.4 Å². The number of hydrogen-bond donors (Lipinski definition) is 0. The van der Waals surface area contributed by atoms with Crippen molar-refractivity contribution in [2.24, 2.45) is 0 Å². The smallest absolute Gasteiger partial charge is 0.277 e. The molecule has 122 valence electrons. The molecule has 1 aliphatic heterocycles. The second-order valence-electron chi connectivity index (χ2n) is 5.43. The van der Waals surface area contributed by atoms with Crippen molar-refractivity contribution >= 4 is 11.8 Å². The van der Waals surface area contributed by atoms with Gasteiger partial charge in [0, 0.05) is 17.7 Å². The molecule has 0 spiro atoms. The first-order chi connectivity index (χ1) is 11.8. The van der Waals surface area contributed by atoms with Crippen LogP contribution < -0.4 is 9.47 Å². The summed E-state index contributed by atoms with van der Waals surface area (Å²) in [6.07, 6.45) is 0.925. The maximum atomic E-state index is 5.78. The largest absolute Gasteiger partial charge is 0.497 e. The van der Waals surface area contributed by atoms with Gasteiger partial charge in [0.2, 0.25) is 5.89 Å². The fourth-order valence-corrected chi connectivity index (χ4v) is 3.32. The second-order valence-corrected chi connectivity index (χ2v) is 6.36. The molecule has 6 heteroatoms. The molecule has 0 unspecified atom stereocenters. The second kappa shape index (κ2) is 6.57. The van der Waals surface area contributed by atoms with Gasteiger partial charge in [-0.25, -0.2) is 0 Å². The third kappa shape index (κ3) is 3.10. The third-order valence-electron chi connectivity index (χ3n) is 3.84. The molecule has 0 atom stereocenters. The number of nitrogens with zero attached hydrogens (tertiary/aromatic N) is 2. The van der Waals surface area contributed by atoms with Crippen LogP contribution in [0.25, 0.3) is 11.5 Å². The van der Waals surface area contributed by atoms with Gasteiger partial charge >= 0.3 is 0 Å². The molecule has 4 rings (SSSR count). The number of thioether (sulfide) groups is 1. The highest BCUT2D eigenvalue weighted by Gasteiger charge is 2.15. The Hall–Kier alpha value is -2.47. The van der Waals surface area contributed by atoms with Crippen molar-refractivity contribution < 1.29 is 13.9 Å². The average molecular weight is 340 g/mol. The Morgan fingerprint density at radius 2 is 2.12 bits per heavy atom. The molecule has 1 aromatic heterocycles. The van der Waals surface area contributed by atoms with E-state index in [0.29, 0.717) is 11.1 Å². The van der Waals surface area contributed by atoms with E-state index < -0.39 is 0 Å². The summed E-state index contributed by atoms with van der Waals surface area (Å²) in [5.41, 5.74) is 3.27. The minimum atomic E-state index is 0.540. The molecule has 2 heterocycles. The average Bonchev–Trinajstić information content (AvgIpc) is 3.28. The maximum Gasteiger partial charge on any atom is 0.277 e. The summed E-state index contributed by atoms with van der Waals surface area (Å²) in [6.45, 7) is 0.740. The molecule has 0 N–H and O–H groups in total. The Bertz CT molecular complexity index is 863. The monoisotopic (exact) mass is 340 g/mol. The van der Waals surface area contributed by atoms with Gasteiger partial charge < -0.3 is 13.9 Å². The molecular formula is C18H16N2O3S. The van der Waals surface area contributed by atoms with Gasteiger partial charge in [-0.1, -0.05) is 23.9 Å². The molecule has 0 aliphatic carbocycles. The van der Waals surface area contributed by atoms with Crippen molar-refractivity contribution in [2.75, 3.05) is 13.7 Å². The zero-order valence-corrected chi connectivity index (χ0v) is 14.0. The SMILES string of the molecule is COc1cccc(CSc2nnc(-c3ccc4c(c3)CCO4)o2)c1. The molecule has 0 radical (unpaired) electrons. The van der Waals surface area contributed by atoms with E-state index in [4.69, 9.17) is 13.9 Å². The quantitative estimate of drug-likeness (QED) is 0.655. The number of aromatic nitrogens is 2. The maximum absolute atomic E-state index is 5.78. The molecule has 0 fully saturated rings. The van der Waals surface area contributed by atoms with E-state index in [0.717, 1.165) is 41.4 Å². The number of benzene rings is 2. The normalized spacial score (nSPS) is 12.7. The van der Waals surface area contributed by atoms with Gasteiger partial charge in [0.25, 0.3) is 5.22 Å². The van der Waals surface area contributed by atoms with Crippen LogP contribution in [0.1, 0.15) is 11.1 Å². The molecular weight excluding hydrogens is 324 g/mol. The van der Waals surface area contributed by atoms with Crippen molar-refractivity contribution in [3.63, 3.8) is 0 Å². The Kier molecular flexibility index (Phi) is 4.13. The fourth-order valence-electron chi connectivity index (χ4n) is 2.61. The molecule has 3 aromatic rings. The van der Waals surface area contributed by atoms with Gasteiger partial charge in [-0.15, -0.1) is 10.2 Å². The fraction of sp³-hybridized carbons (Fsp3) is 0.222. The van der Waals surface area contributed by atoms with Gasteiger partial charge in [0.15, 0.2) is 0 Å². The Morgan fingerprint density at radius 1 is 1.17 bits per heavy atom. The lowest BCUT2D eigenvalue weighted by molar-refractivity contribution is 0.357. The van der Waals surface area contributed by atoms with E-state index in [9.17, 15) is 0 Å². The van der Waals surface area contributed by atoms with E-state index in [2.05, 4.69) is 16.3 Å². The van der Waals surface area contributed by atoms with Crippen LogP contribution in [0.4, 0.5) is 0 Å². The van der Waals surface area contributed by atoms with Gasteiger partial charge in [0.1, 0.15) is 11.5 Å². The zero-order valence-electron chi connectivity index (χ0n) is 13.2. The third-order valence-corrected chi connectivity index (χ3v) is 4.73. The van der Waals surface area contributed by atoms with Crippen molar-refractivity contribution in [2.45, 2.75) is 17.4 Å². The summed E-state index contributed by atoms with van der Waals surface area (Å²) < 4.78 is 16.5. The summed E-state index contributed by atoms with van der Waals surface area (Å²) in [4.78, 5) is 0. The van der Waals surface area contributed by atoms with Gasteiger partial charge in [-0.2, -0.15) is 0 Å². The molecule has 2 aromatic carbocycles. The van der Waals surface area contributed by atoms with Crippen LogP contribution >= 0.6 is 11.8 Å². The zero-order chi connectivity index (χ0) is 16.4. The van der Waals surface area contributed by atoms with E-state index in [1.165, 1.54) is 17.3 Å². The summed E-state index contributed by atoms with van der Waals surface area (Å²) in [7, 11) is 1.66. The molecule has 0 saturated carbocycles. The summed E-state index contributed by atoms with van der Waals surface area (Å²) >= 11 is 1.51. The number of rotatable bonds is 5. The minimum Gasteiger partial charge on any atom is -0.497 e. The Labute approximate surface area is 144 Å². The Morgan fingerprint density at radius 3 is 3.04 bits per heavy atom. The highest BCUT2D eigenvalue weighted by molar-refractivity contribution is 7.98. The molecule has 5 nitrogen and oxygen atoms in total. The standard InChI is InChI=1S/C18H16N2O3S/c1-21-15-4-2-3-12(9-15)11-24-18-20-19-17(23-18)14-5-6-16-13(10-14)7-8-22-16/h2-6,9-10H,7-8,11H2,1H3. The lowest BCUT2D eigenvalue weighted by Crippen LogP contribution is -1.85. The first-order valence-electron chi connectivity index (χ1n) is 7.67. The van der Waals surface area contributed by atoms with Gasteiger partial charge in [-0.3, -0.25) is 0 Å². The van der Waals surface area contributed by atoms with E-state index in [-0.39, 0.29) is 0 Å². The number of fused-ring (bicyclic) bond motifs is 1. The van der Waals surface area contributed by atoms with Crippen LogP contribution in [0.2, 0.25) is 0 Å². The summed E-state index contributed by atoms with van der Waals surface area (Å²) in [5, 5.41) is 8.84. The van der Waals surface area contributed by atoms with Crippen LogP contribution in [-0.4, -0.2) is 23.9 Å². The predicted octanol–water partition coefficient (Wildman–Crippen LogP) is 3.97. The van der Waals surface area contributed by atoms with Crippen molar-refractivity contribution in [1.29, 1.82) is 0 Å².